The Morgan fingerprint density at radius 1 is 1.23 bits per heavy atom. The van der Waals surface area contributed by atoms with E-state index in [2.05, 4.69) is 20.4 Å². The monoisotopic (exact) mass is 542 g/mol. The van der Waals surface area contributed by atoms with Gasteiger partial charge in [-0.05, 0) is 43.2 Å². The topological polar surface area (TPSA) is 165 Å². The minimum absolute atomic E-state index is 0.0435. The fourth-order valence-corrected chi connectivity index (χ4v) is 3.62. The van der Waals surface area contributed by atoms with Crippen molar-refractivity contribution < 1.29 is 33.4 Å². The molecule has 39 heavy (non-hydrogen) atoms. The molecule has 0 radical (unpaired) electrons. The minimum atomic E-state index is -1.37. The zero-order chi connectivity index (χ0) is 28.7. The normalized spacial score (nSPS) is 11.8. The van der Waals surface area contributed by atoms with Gasteiger partial charge in [0.1, 0.15) is 23.4 Å². The first-order valence-electron chi connectivity index (χ1n) is 11.6. The van der Waals surface area contributed by atoms with Crippen LogP contribution in [0.3, 0.4) is 0 Å². The summed E-state index contributed by atoms with van der Waals surface area (Å²) in [5.74, 6) is -1.60. The number of rotatable bonds is 9. The van der Waals surface area contributed by atoms with Crippen LogP contribution in [0.2, 0.25) is 0 Å². The molecule has 1 atom stereocenters. The number of allylic oxidation sites excluding steroid dienone is 1. The summed E-state index contributed by atoms with van der Waals surface area (Å²) in [6.45, 7) is -0.292. The lowest BCUT2D eigenvalue weighted by Crippen LogP contribution is -2.44. The number of likely N-dealkylation sites (N-methyl/N-ethyl adjacent to an activating group) is 1. The van der Waals surface area contributed by atoms with Crippen LogP contribution in [0.15, 0.2) is 53.5 Å². The Bertz CT molecular complexity index is 1490. The van der Waals surface area contributed by atoms with Crippen molar-refractivity contribution in [1.29, 1.82) is 0 Å². The largest absolute Gasteiger partial charge is 0.464 e. The molecule has 0 bridgehead atoms. The molecule has 3 N–H and O–H groups in total. The second-order valence-electron chi connectivity index (χ2n) is 8.52. The van der Waals surface area contributed by atoms with Crippen LogP contribution >= 0.6 is 0 Å². The van der Waals surface area contributed by atoms with Crippen molar-refractivity contribution in [2.24, 2.45) is 0 Å². The maximum atomic E-state index is 13.6. The van der Waals surface area contributed by atoms with Gasteiger partial charge in [-0.3, -0.25) is 14.4 Å². The molecule has 2 aromatic heterocycles. The second kappa shape index (κ2) is 12.5. The van der Waals surface area contributed by atoms with Gasteiger partial charge in [0.15, 0.2) is 0 Å². The van der Waals surface area contributed by atoms with Crippen LogP contribution in [0.4, 0.5) is 19.7 Å². The van der Waals surface area contributed by atoms with E-state index >= 15 is 0 Å². The quantitative estimate of drug-likeness (QED) is 0.346. The highest BCUT2D eigenvalue weighted by Crippen LogP contribution is 2.18. The lowest BCUT2D eigenvalue weighted by Gasteiger charge is -2.17. The Morgan fingerprint density at radius 2 is 1.97 bits per heavy atom. The zero-order valence-corrected chi connectivity index (χ0v) is 21.4. The highest BCUT2D eigenvalue weighted by Gasteiger charge is 2.22. The van der Waals surface area contributed by atoms with E-state index in [0.717, 1.165) is 28.4 Å². The van der Waals surface area contributed by atoms with Crippen LogP contribution in [-0.4, -0.2) is 75.4 Å². The first-order chi connectivity index (χ1) is 18.5. The molecular weight excluding hydrogens is 515 g/mol. The van der Waals surface area contributed by atoms with Crippen LogP contribution in [0.5, 0.6) is 0 Å². The van der Waals surface area contributed by atoms with Gasteiger partial charge in [-0.2, -0.15) is 0 Å². The van der Waals surface area contributed by atoms with Gasteiger partial charge < -0.3 is 29.9 Å². The van der Waals surface area contributed by atoms with Gasteiger partial charge in [-0.15, -0.1) is 0 Å². The third-order valence-corrected chi connectivity index (χ3v) is 5.58. The molecule has 14 heteroatoms. The van der Waals surface area contributed by atoms with Gasteiger partial charge in [0.2, 0.25) is 11.8 Å². The van der Waals surface area contributed by atoms with Crippen LogP contribution in [0, 0.1) is 5.82 Å². The summed E-state index contributed by atoms with van der Waals surface area (Å²) in [6, 6.07) is 5.16. The number of hydrogen-bond acceptors (Lipinski definition) is 7. The summed E-state index contributed by atoms with van der Waals surface area (Å²) in [6.07, 6.45) is 2.39. The number of methoxy groups -OCH3 is 1. The van der Waals surface area contributed by atoms with Crippen LogP contribution in [0.25, 0.3) is 11.0 Å². The molecule has 0 aliphatic heterocycles. The molecule has 206 valence electrons. The van der Waals surface area contributed by atoms with E-state index in [1.165, 1.54) is 35.4 Å². The van der Waals surface area contributed by atoms with Crippen molar-refractivity contribution in [3.05, 3.63) is 70.7 Å². The van der Waals surface area contributed by atoms with Crippen molar-refractivity contribution in [2.45, 2.75) is 25.4 Å². The number of halogens is 1. The second-order valence-corrected chi connectivity index (χ2v) is 8.52. The lowest BCUT2D eigenvalue weighted by molar-refractivity contribution is -0.123. The van der Waals surface area contributed by atoms with Crippen LogP contribution in [0.1, 0.15) is 18.7 Å². The number of amides is 3. The number of pyridine rings is 1. The molecule has 13 nitrogen and oxygen atoms in total. The Morgan fingerprint density at radius 3 is 2.64 bits per heavy atom. The molecule has 0 aliphatic carbocycles. The van der Waals surface area contributed by atoms with Crippen molar-refractivity contribution in [2.75, 3.05) is 26.5 Å². The van der Waals surface area contributed by atoms with Gasteiger partial charge in [0.05, 0.1) is 24.7 Å². The highest BCUT2D eigenvalue weighted by molar-refractivity contribution is 5.96. The minimum Gasteiger partial charge on any atom is -0.464 e. The predicted octanol–water partition coefficient (Wildman–Crippen LogP) is 2.00. The van der Waals surface area contributed by atoms with E-state index in [9.17, 15) is 33.5 Å². The number of anilines is 1. The van der Waals surface area contributed by atoms with E-state index in [4.69, 9.17) is 0 Å². The number of hydrogen-bond donors (Lipinski definition) is 3. The summed E-state index contributed by atoms with van der Waals surface area (Å²) in [7, 11) is 4.31. The number of carbonyl (C=O) groups excluding carboxylic acids is 3. The van der Waals surface area contributed by atoms with Gasteiger partial charge in [-0.25, -0.2) is 23.5 Å². The number of aromatic nitrogens is 3. The third-order valence-electron chi connectivity index (χ3n) is 5.58. The number of benzene rings is 1. The molecule has 1 unspecified atom stereocenters. The molecule has 3 rings (SSSR count). The van der Waals surface area contributed by atoms with Gasteiger partial charge >= 0.3 is 12.2 Å². The number of nitrogens with zero attached hydrogens (tertiary/aromatic N) is 4. The van der Waals surface area contributed by atoms with Crippen LogP contribution < -0.4 is 16.2 Å². The average molecular weight is 543 g/mol. The standard InChI is InChI=1S/C25H27FN6O7/c1-30(2)21(33)9-5-4-7-16(29-24(36)39-3)22(34)28-17-8-6-12-31(23(17)35)14-20-27-18-13-15(26)10-11-19(18)32(20)25(37)38/h5-6,8-13,16H,4,7,14H2,1-3H3,(H,28,34)(H,29,36)(H,37,38)/b9-5+. The molecule has 0 fully saturated rings. The molecule has 0 aliphatic rings. The van der Waals surface area contributed by atoms with Gasteiger partial charge in [-0.1, -0.05) is 6.08 Å². The lowest BCUT2D eigenvalue weighted by atomic mass is 10.1. The van der Waals surface area contributed by atoms with Crippen molar-refractivity contribution in [3.63, 3.8) is 0 Å². The summed E-state index contributed by atoms with van der Waals surface area (Å²) in [5.41, 5.74) is -0.562. The number of ether oxygens (including phenoxy) is 1. The van der Waals surface area contributed by atoms with E-state index in [1.807, 2.05) is 0 Å². The fourth-order valence-electron chi connectivity index (χ4n) is 3.62. The maximum absolute atomic E-state index is 13.6. The number of alkyl carbamates (subject to hydrolysis) is 1. The van der Waals surface area contributed by atoms with Crippen molar-refractivity contribution in [3.8, 4) is 0 Å². The molecule has 3 aromatic rings. The van der Waals surface area contributed by atoms with Crippen LogP contribution in [-0.2, 0) is 20.9 Å². The van der Waals surface area contributed by atoms with Gasteiger partial charge in [0, 0.05) is 26.4 Å². The van der Waals surface area contributed by atoms with E-state index in [1.54, 1.807) is 20.2 Å². The highest BCUT2D eigenvalue weighted by atomic mass is 19.1. The molecular formula is C25H27FN6O7. The number of nitrogens with one attached hydrogen (secondary N) is 2. The summed E-state index contributed by atoms with van der Waals surface area (Å²) >= 11 is 0. The zero-order valence-electron chi connectivity index (χ0n) is 21.4. The summed E-state index contributed by atoms with van der Waals surface area (Å²) in [4.78, 5) is 66.9. The summed E-state index contributed by atoms with van der Waals surface area (Å²) < 4.78 is 20.2. The molecule has 0 saturated heterocycles. The smallest absolute Gasteiger partial charge is 0.417 e. The molecule has 3 amide bonds. The number of fused-ring (bicyclic) bond motifs is 1. The fraction of sp³-hybridized carbons (Fsp3) is 0.280. The molecule has 2 heterocycles. The third kappa shape index (κ3) is 7.06. The molecule has 0 saturated carbocycles. The van der Waals surface area contributed by atoms with E-state index in [-0.39, 0.29) is 47.8 Å². The first-order valence-corrected chi connectivity index (χ1v) is 11.6. The number of carboxylic acid groups (broad SMARTS) is 1. The van der Waals surface area contributed by atoms with E-state index in [0.29, 0.717) is 0 Å². The summed E-state index contributed by atoms with van der Waals surface area (Å²) in [5, 5.41) is 14.5. The number of carbonyl (C=O) groups is 4. The Labute approximate surface area is 221 Å². The Hall–Kier alpha value is -5.01. The first kappa shape index (κ1) is 28.6. The Balaban J connectivity index is 1.82. The number of imidazole rings is 1. The predicted molar refractivity (Wildman–Crippen MR) is 138 cm³/mol. The van der Waals surface area contributed by atoms with Gasteiger partial charge in [0.25, 0.3) is 5.56 Å². The van der Waals surface area contributed by atoms with Crippen molar-refractivity contribution >= 4 is 40.7 Å². The average Bonchev–Trinajstić information content (AvgIpc) is 3.24. The maximum Gasteiger partial charge on any atom is 0.417 e. The van der Waals surface area contributed by atoms with E-state index < -0.39 is 35.5 Å². The Kier molecular flexibility index (Phi) is 9.15. The molecule has 1 aromatic carbocycles. The molecule has 0 spiro atoms. The van der Waals surface area contributed by atoms with Crippen molar-refractivity contribution in [1.82, 2.24) is 24.3 Å². The SMILES string of the molecule is COC(=O)NC(CC/C=C/C(=O)N(C)C)C(=O)Nc1cccn(Cc2nc3cc(F)ccc3n2C(=O)O)c1=O.